The van der Waals surface area contributed by atoms with Gasteiger partial charge in [-0.05, 0) is 19.3 Å². The Labute approximate surface area is 152 Å². The molecule has 0 aromatic rings. The van der Waals surface area contributed by atoms with Gasteiger partial charge in [0.2, 0.25) is 0 Å². The summed E-state index contributed by atoms with van der Waals surface area (Å²) in [4.78, 5) is 24.3. The van der Waals surface area contributed by atoms with Gasteiger partial charge in [0.1, 0.15) is 0 Å². The highest BCUT2D eigenvalue weighted by Crippen LogP contribution is 2.46. The molecular formula is C16H23F7O4. The highest BCUT2D eigenvalue weighted by molar-refractivity contribution is 6.00. The van der Waals surface area contributed by atoms with Gasteiger partial charge in [-0.25, -0.2) is 0 Å². The van der Waals surface area contributed by atoms with Crippen molar-refractivity contribution in [3.63, 3.8) is 0 Å². The van der Waals surface area contributed by atoms with Crippen molar-refractivity contribution in [1.29, 1.82) is 0 Å². The number of esters is 2. The summed E-state index contributed by atoms with van der Waals surface area (Å²) in [6, 6.07) is 0. The van der Waals surface area contributed by atoms with Crippen LogP contribution in [0.1, 0.15) is 52.9 Å². The third-order valence-electron chi connectivity index (χ3n) is 4.17. The molecule has 0 atom stereocenters. The maximum Gasteiger partial charge on any atom is 0.460 e. The topological polar surface area (TPSA) is 52.6 Å². The Hall–Kier alpha value is -1.55. The molecule has 11 heteroatoms. The Morgan fingerprint density at radius 3 is 1.67 bits per heavy atom. The first-order chi connectivity index (χ1) is 12.2. The SMILES string of the molecule is CCCCCOC(=O)C(CC)(CC)C(=O)OCC(F)(F)C(F)(F)C(F)(F)F. The van der Waals surface area contributed by atoms with E-state index in [0.29, 0.717) is 6.42 Å². The molecule has 0 aliphatic rings. The minimum Gasteiger partial charge on any atom is -0.465 e. The number of halogens is 7. The molecule has 0 rings (SSSR count). The van der Waals surface area contributed by atoms with Crippen LogP contribution in [0.15, 0.2) is 0 Å². The van der Waals surface area contributed by atoms with Gasteiger partial charge in [-0.3, -0.25) is 9.59 Å². The second kappa shape index (κ2) is 9.59. The molecule has 0 spiro atoms. The van der Waals surface area contributed by atoms with E-state index in [2.05, 4.69) is 4.74 Å². The zero-order valence-electron chi connectivity index (χ0n) is 15.2. The first-order valence-corrected chi connectivity index (χ1v) is 8.40. The number of hydrogen-bond acceptors (Lipinski definition) is 4. The smallest absolute Gasteiger partial charge is 0.460 e. The zero-order valence-corrected chi connectivity index (χ0v) is 15.2. The number of alkyl halides is 7. The van der Waals surface area contributed by atoms with Gasteiger partial charge < -0.3 is 9.47 Å². The standard InChI is InChI=1S/C16H23F7O4/c1-4-7-8-9-26-11(24)13(5-2,6-3)12(25)27-10-14(17,18)15(19,20)16(21,22)23/h4-10H2,1-3H3. The van der Waals surface area contributed by atoms with Crippen molar-refractivity contribution in [3.8, 4) is 0 Å². The molecule has 0 bridgehead atoms. The molecule has 0 aliphatic heterocycles. The molecule has 4 nitrogen and oxygen atoms in total. The van der Waals surface area contributed by atoms with Gasteiger partial charge in [0.05, 0.1) is 6.61 Å². The molecule has 0 fully saturated rings. The lowest BCUT2D eigenvalue weighted by molar-refractivity contribution is -0.360. The average molecular weight is 412 g/mol. The number of hydrogen-bond donors (Lipinski definition) is 0. The van der Waals surface area contributed by atoms with E-state index in [0.717, 1.165) is 12.8 Å². The van der Waals surface area contributed by atoms with E-state index in [1.165, 1.54) is 13.8 Å². The molecule has 160 valence electrons. The predicted octanol–water partition coefficient (Wildman–Crippen LogP) is 4.90. The minimum atomic E-state index is -6.53. The lowest BCUT2D eigenvalue weighted by Gasteiger charge is -2.30. The molecule has 0 saturated heterocycles. The first kappa shape index (κ1) is 25.4. The van der Waals surface area contributed by atoms with Crippen molar-refractivity contribution in [3.05, 3.63) is 0 Å². The van der Waals surface area contributed by atoms with Crippen LogP contribution in [0.2, 0.25) is 0 Å². The van der Waals surface area contributed by atoms with Crippen LogP contribution in [0.3, 0.4) is 0 Å². The molecule has 0 aliphatic carbocycles. The Morgan fingerprint density at radius 2 is 1.26 bits per heavy atom. The van der Waals surface area contributed by atoms with Crippen LogP contribution in [0.5, 0.6) is 0 Å². The number of carbonyl (C=O) groups excluding carboxylic acids is 2. The van der Waals surface area contributed by atoms with E-state index >= 15 is 0 Å². The molecule has 0 N–H and O–H groups in total. The van der Waals surface area contributed by atoms with Crippen LogP contribution < -0.4 is 0 Å². The molecule has 0 amide bonds. The van der Waals surface area contributed by atoms with E-state index in [1.807, 2.05) is 6.92 Å². The van der Waals surface area contributed by atoms with Crippen LogP contribution in [0.4, 0.5) is 30.7 Å². The summed E-state index contributed by atoms with van der Waals surface area (Å²) in [7, 11) is 0. The number of carbonyl (C=O) groups is 2. The third kappa shape index (κ3) is 5.71. The fraction of sp³-hybridized carbons (Fsp3) is 0.875. The lowest BCUT2D eigenvalue weighted by atomic mass is 9.82. The van der Waals surface area contributed by atoms with Crippen LogP contribution in [0, 0.1) is 5.41 Å². The average Bonchev–Trinajstić information content (AvgIpc) is 2.57. The number of ether oxygens (including phenoxy) is 2. The highest BCUT2D eigenvalue weighted by atomic mass is 19.4. The summed E-state index contributed by atoms with van der Waals surface area (Å²) in [5, 5.41) is 0. The summed E-state index contributed by atoms with van der Waals surface area (Å²) < 4.78 is 97.5. The predicted molar refractivity (Wildman–Crippen MR) is 80.4 cm³/mol. The second-order valence-electron chi connectivity index (χ2n) is 5.98. The number of unbranched alkanes of at least 4 members (excludes halogenated alkanes) is 2. The van der Waals surface area contributed by atoms with Crippen molar-refractivity contribution < 1.29 is 49.8 Å². The maximum atomic E-state index is 13.3. The van der Waals surface area contributed by atoms with E-state index in [-0.39, 0.29) is 19.4 Å². The monoisotopic (exact) mass is 412 g/mol. The van der Waals surface area contributed by atoms with Gasteiger partial charge >= 0.3 is 30.0 Å². The summed E-state index contributed by atoms with van der Waals surface area (Å²) in [6.45, 7) is 1.98. The largest absolute Gasteiger partial charge is 0.465 e. The first-order valence-electron chi connectivity index (χ1n) is 8.40. The third-order valence-corrected chi connectivity index (χ3v) is 4.17. The lowest BCUT2D eigenvalue weighted by Crippen LogP contribution is -2.55. The Kier molecular flexibility index (Phi) is 9.04. The Bertz CT molecular complexity index is 499. The van der Waals surface area contributed by atoms with E-state index in [9.17, 15) is 40.3 Å². The molecule has 0 radical (unpaired) electrons. The van der Waals surface area contributed by atoms with Crippen LogP contribution in [0.25, 0.3) is 0 Å². The van der Waals surface area contributed by atoms with Crippen molar-refractivity contribution in [2.45, 2.75) is 70.9 Å². The summed E-state index contributed by atoms with van der Waals surface area (Å²) in [5.41, 5.74) is -2.06. The van der Waals surface area contributed by atoms with Gasteiger partial charge in [0.15, 0.2) is 12.0 Å². The van der Waals surface area contributed by atoms with Crippen molar-refractivity contribution in [2.24, 2.45) is 5.41 Å². The zero-order chi connectivity index (χ0) is 21.5. The van der Waals surface area contributed by atoms with E-state index in [1.54, 1.807) is 0 Å². The van der Waals surface area contributed by atoms with Gasteiger partial charge in [-0.15, -0.1) is 0 Å². The molecule has 0 aromatic heterocycles. The Balaban J connectivity index is 5.21. The van der Waals surface area contributed by atoms with Crippen LogP contribution in [-0.2, 0) is 19.1 Å². The van der Waals surface area contributed by atoms with Gasteiger partial charge in [-0.2, -0.15) is 30.7 Å². The molecule has 0 heterocycles. The minimum absolute atomic E-state index is 0.0516. The fourth-order valence-corrected chi connectivity index (χ4v) is 2.16. The van der Waals surface area contributed by atoms with E-state index < -0.39 is 42.0 Å². The second-order valence-corrected chi connectivity index (χ2v) is 5.98. The normalized spacial score (nSPS) is 13.4. The quantitative estimate of drug-likeness (QED) is 0.210. The summed E-state index contributed by atoms with van der Waals surface area (Å²) in [5.74, 6) is -14.8. The van der Waals surface area contributed by atoms with Gasteiger partial charge in [-0.1, -0.05) is 33.6 Å². The van der Waals surface area contributed by atoms with Crippen molar-refractivity contribution in [2.75, 3.05) is 13.2 Å². The highest BCUT2D eigenvalue weighted by Gasteiger charge is 2.73. The van der Waals surface area contributed by atoms with Gasteiger partial charge in [0, 0.05) is 0 Å². The molecule has 27 heavy (non-hydrogen) atoms. The summed E-state index contributed by atoms with van der Waals surface area (Å²) in [6.07, 6.45) is -5.05. The maximum absolute atomic E-state index is 13.3. The van der Waals surface area contributed by atoms with Crippen LogP contribution >= 0.6 is 0 Å². The molecule has 0 aromatic carbocycles. The number of rotatable bonds is 11. The fourth-order valence-electron chi connectivity index (χ4n) is 2.16. The van der Waals surface area contributed by atoms with Crippen molar-refractivity contribution in [1.82, 2.24) is 0 Å². The summed E-state index contributed by atoms with van der Waals surface area (Å²) >= 11 is 0. The van der Waals surface area contributed by atoms with E-state index in [4.69, 9.17) is 4.74 Å². The Morgan fingerprint density at radius 1 is 0.778 bits per heavy atom. The molecule has 0 saturated carbocycles. The van der Waals surface area contributed by atoms with Crippen molar-refractivity contribution >= 4 is 11.9 Å². The molecular weight excluding hydrogens is 389 g/mol. The van der Waals surface area contributed by atoms with Crippen LogP contribution in [-0.4, -0.2) is 43.2 Å². The van der Waals surface area contributed by atoms with Gasteiger partial charge in [0.25, 0.3) is 0 Å². The molecule has 0 unspecified atom stereocenters.